The number of primary amides is 1. The average molecular weight is 249 g/mol. The number of rotatable bonds is 4. The van der Waals surface area contributed by atoms with E-state index < -0.39 is 11.7 Å². The SMILES string of the molecule is Cn1cc(OCc2cc(C(N)=O)ccc2F)cn1. The summed E-state index contributed by atoms with van der Waals surface area (Å²) in [4.78, 5) is 11.0. The lowest BCUT2D eigenvalue weighted by molar-refractivity contribution is 0.1000. The van der Waals surface area contributed by atoms with Crippen LogP contribution in [0.4, 0.5) is 4.39 Å². The first-order valence-electron chi connectivity index (χ1n) is 5.26. The lowest BCUT2D eigenvalue weighted by atomic mass is 10.1. The van der Waals surface area contributed by atoms with Crippen molar-refractivity contribution in [3.8, 4) is 5.75 Å². The van der Waals surface area contributed by atoms with Gasteiger partial charge in [-0.15, -0.1) is 0 Å². The van der Waals surface area contributed by atoms with Crippen molar-refractivity contribution in [3.05, 3.63) is 47.5 Å². The maximum Gasteiger partial charge on any atom is 0.248 e. The van der Waals surface area contributed by atoms with Crippen LogP contribution in [0.5, 0.6) is 5.75 Å². The summed E-state index contributed by atoms with van der Waals surface area (Å²) in [5.74, 6) is -0.511. The molecule has 0 spiro atoms. The van der Waals surface area contributed by atoms with Crippen molar-refractivity contribution < 1.29 is 13.9 Å². The van der Waals surface area contributed by atoms with Gasteiger partial charge in [0.25, 0.3) is 0 Å². The Hall–Kier alpha value is -2.37. The fourth-order valence-corrected chi connectivity index (χ4v) is 1.47. The number of carbonyl (C=O) groups excluding carboxylic acids is 1. The minimum atomic E-state index is -0.599. The minimum Gasteiger partial charge on any atom is -0.486 e. The van der Waals surface area contributed by atoms with Crippen molar-refractivity contribution in [1.82, 2.24) is 9.78 Å². The highest BCUT2D eigenvalue weighted by molar-refractivity contribution is 5.92. The highest BCUT2D eigenvalue weighted by Gasteiger charge is 2.08. The van der Waals surface area contributed by atoms with E-state index >= 15 is 0 Å². The van der Waals surface area contributed by atoms with Crippen LogP contribution < -0.4 is 10.5 Å². The Balaban J connectivity index is 2.13. The van der Waals surface area contributed by atoms with Gasteiger partial charge in [-0.05, 0) is 18.2 Å². The Kier molecular flexibility index (Phi) is 3.27. The van der Waals surface area contributed by atoms with E-state index in [1.807, 2.05) is 0 Å². The van der Waals surface area contributed by atoms with E-state index in [0.717, 1.165) is 0 Å². The van der Waals surface area contributed by atoms with Gasteiger partial charge in [0, 0.05) is 18.2 Å². The molecule has 0 saturated heterocycles. The fourth-order valence-electron chi connectivity index (χ4n) is 1.47. The van der Waals surface area contributed by atoms with Crippen molar-refractivity contribution in [2.24, 2.45) is 12.8 Å². The van der Waals surface area contributed by atoms with Crippen LogP contribution in [0.25, 0.3) is 0 Å². The second kappa shape index (κ2) is 4.87. The second-order valence-corrected chi connectivity index (χ2v) is 3.81. The molecular formula is C12H12FN3O2. The molecule has 0 atom stereocenters. The molecular weight excluding hydrogens is 237 g/mol. The van der Waals surface area contributed by atoms with E-state index in [4.69, 9.17) is 10.5 Å². The van der Waals surface area contributed by atoms with Crippen LogP contribution in [0, 0.1) is 5.82 Å². The van der Waals surface area contributed by atoms with Gasteiger partial charge >= 0.3 is 0 Å². The number of nitrogens with two attached hydrogens (primary N) is 1. The Labute approximate surface area is 103 Å². The molecule has 94 valence electrons. The predicted molar refractivity (Wildman–Crippen MR) is 62.5 cm³/mol. The zero-order chi connectivity index (χ0) is 13.1. The molecule has 1 amide bonds. The van der Waals surface area contributed by atoms with Crippen molar-refractivity contribution in [3.63, 3.8) is 0 Å². The van der Waals surface area contributed by atoms with Crippen LogP contribution in [0.1, 0.15) is 15.9 Å². The number of hydrogen-bond donors (Lipinski definition) is 1. The highest BCUT2D eigenvalue weighted by atomic mass is 19.1. The number of aromatic nitrogens is 2. The first-order chi connectivity index (χ1) is 8.56. The van der Waals surface area contributed by atoms with E-state index in [1.54, 1.807) is 17.9 Å². The third-order valence-corrected chi connectivity index (χ3v) is 2.41. The largest absolute Gasteiger partial charge is 0.486 e. The number of carbonyl (C=O) groups is 1. The molecule has 0 saturated carbocycles. The van der Waals surface area contributed by atoms with Gasteiger partial charge in [0.05, 0.1) is 12.4 Å². The van der Waals surface area contributed by atoms with Crippen molar-refractivity contribution in [2.75, 3.05) is 0 Å². The van der Waals surface area contributed by atoms with E-state index in [9.17, 15) is 9.18 Å². The molecule has 0 bridgehead atoms. The molecule has 2 N–H and O–H groups in total. The number of halogens is 1. The third kappa shape index (κ3) is 2.65. The maximum absolute atomic E-state index is 13.5. The fraction of sp³-hybridized carbons (Fsp3) is 0.167. The Morgan fingerprint density at radius 2 is 2.33 bits per heavy atom. The average Bonchev–Trinajstić information content (AvgIpc) is 2.74. The quantitative estimate of drug-likeness (QED) is 0.886. The van der Waals surface area contributed by atoms with Crippen LogP contribution in [-0.2, 0) is 13.7 Å². The van der Waals surface area contributed by atoms with Gasteiger partial charge in [0.2, 0.25) is 5.91 Å². The predicted octanol–water partition coefficient (Wildman–Crippen LogP) is 1.24. The molecule has 0 aliphatic heterocycles. The molecule has 1 aromatic heterocycles. The molecule has 0 fully saturated rings. The monoisotopic (exact) mass is 249 g/mol. The number of ether oxygens (including phenoxy) is 1. The number of hydrogen-bond acceptors (Lipinski definition) is 3. The van der Waals surface area contributed by atoms with E-state index in [0.29, 0.717) is 5.75 Å². The summed E-state index contributed by atoms with van der Waals surface area (Å²) in [5.41, 5.74) is 5.65. The van der Waals surface area contributed by atoms with Crippen LogP contribution in [-0.4, -0.2) is 15.7 Å². The van der Waals surface area contributed by atoms with Crippen LogP contribution in [0.3, 0.4) is 0 Å². The van der Waals surface area contributed by atoms with E-state index in [1.165, 1.54) is 24.4 Å². The van der Waals surface area contributed by atoms with Crippen LogP contribution in [0.2, 0.25) is 0 Å². The van der Waals surface area contributed by atoms with Crippen LogP contribution >= 0.6 is 0 Å². The molecule has 18 heavy (non-hydrogen) atoms. The number of benzene rings is 1. The summed E-state index contributed by atoms with van der Waals surface area (Å²) in [6.07, 6.45) is 3.19. The molecule has 6 heteroatoms. The molecule has 0 aliphatic rings. The lowest BCUT2D eigenvalue weighted by Gasteiger charge is -2.06. The topological polar surface area (TPSA) is 70.1 Å². The molecule has 0 radical (unpaired) electrons. The summed E-state index contributed by atoms with van der Waals surface area (Å²) in [7, 11) is 1.75. The van der Waals surface area contributed by atoms with Crippen molar-refractivity contribution >= 4 is 5.91 Å². The van der Waals surface area contributed by atoms with Gasteiger partial charge in [-0.25, -0.2) is 4.39 Å². The number of amides is 1. The maximum atomic E-state index is 13.5. The van der Waals surface area contributed by atoms with Gasteiger partial charge in [-0.3, -0.25) is 9.48 Å². The van der Waals surface area contributed by atoms with E-state index in [-0.39, 0.29) is 17.7 Å². The first-order valence-corrected chi connectivity index (χ1v) is 5.26. The molecule has 1 heterocycles. The normalized spacial score (nSPS) is 10.3. The van der Waals surface area contributed by atoms with Crippen molar-refractivity contribution in [2.45, 2.75) is 6.61 Å². The second-order valence-electron chi connectivity index (χ2n) is 3.81. The Bertz CT molecular complexity index is 580. The summed E-state index contributed by atoms with van der Waals surface area (Å²) in [6.45, 7) is 0.0125. The zero-order valence-corrected chi connectivity index (χ0v) is 9.76. The minimum absolute atomic E-state index is 0.0125. The highest BCUT2D eigenvalue weighted by Crippen LogP contribution is 2.14. The Morgan fingerprint density at radius 3 is 2.94 bits per heavy atom. The van der Waals surface area contributed by atoms with Gasteiger partial charge < -0.3 is 10.5 Å². The summed E-state index contributed by atoms with van der Waals surface area (Å²) in [5, 5.41) is 3.92. The molecule has 5 nitrogen and oxygen atoms in total. The molecule has 0 aliphatic carbocycles. The third-order valence-electron chi connectivity index (χ3n) is 2.41. The van der Waals surface area contributed by atoms with Gasteiger partial charge in [-0.1, -0.05) is 0 Å². The molecule has 0 unspecified atom stereocenters. The molecule has 1 aromatic carbocycles. The van der Waals surface area contributed by atoms with Crippen LogP contribution in [0.15, 0.2) is 30.6 Å². The summed E-state index contributed by atoms with van der Waals surface area (Å²) in [6, 6.07) is 3.92. The lowest BCUT2D eigenvalue weighted by Crippen LogP contribution is -2.12. The van der Waals surface area contributed by atoms with Crippen molar-refractivity contribution in [1.29, 1.82) is 0 Å². The summed E-state index contributed by atoms with van der Waals surface area (Å²) < 4.78 is 20.4. The van der Waals surface area contributed by atoms with E-state index in [2.05, 4.69) is 5.10 Å². The summed E-state index contributed by atoms with van der Waals surface area (Å²) >= 11 is 0. The molecule has 2 rings (SSSR count). The standard InChI is InChI=1S/C12H12FN3O2/c1-16-6-10(5-15-16)18-7-9-4-8(12(14)17)2-3-11(9)13/h2-6H,7H2,1H3,(H2,14,17). The molecule has 2 aromatic rings. The smallest absolute Gasteiger partial charge is 0.248 e. The Morgan fingerprint density at radius 1 is 1.56 bits per heavy atom. The number of nitrogens with zero attached hydrogens (tertiary/aromatic N) is 2. The zero-order valence-electron chi connectivity index (χ0n) is 9.76. The number of aryl methyl sites for hydroxylation is 1. The van der Waals surface area contributed by atoms with Gasteiger partial charge in [-0.2, -0.15) is 5.10 Å². The van der Waals surface area contributed by atoms with Gasteiger partial charge in [0.1, 0.15) is 12.4 Å². The van der Waals surface area contributed by atoms with Gasteiger partial charge in [0.15, 0.2) is 5.75 Å². The first kappa shape index (κ1) is 12.1.